The van der Waals surface area contributed by atoms with E-state index in [1.807, 2.05) is 19.1 Å². The van der Waals surface area contributed by atoms with Crippen molar-refractivity contribution >= 4 is 57.2 Å². The summed E-state index contributed by atoms with van der Waals surface area (Å²) in [6.45, 7) is 6.56. The molecule has 0 unspecified atom stereocenters. The second-order valence-electron chi connectivity index (χ2n) is 8.21. The SMILES string of the molecule is CCOc1cc(CN2CCC(Nc3nc4c(C(N)=O)[c]ccc4o3)CC2)cc(NC(C)=O)c1I. The smallest absolute Gasteiger partial charge is 0.295 e. The number of fused-ring (bicyclic) bond motifs is 1. The lowest BCUT2D eigenvalue weighted by molar-refractivity contribution is -0.114. The van der Waals surface area contributed by atoms with E-state index in [-0.39, 0.29) is 17.5 Å². The van der Waals surface area contributed by atoms with E-state index < -0.39 is 5.91 Å². The second kappa shape index (κ2) is 10.6. The first-order chi connectivity index (χ1) is 16.3. The summed E-state index contributed by atoms with van der Waals surface area (Å²) in [5.74, 6) is 0.0948. The first-order valence-electron chi connectivity index (χ1n) is 11.2. The summed E-state index contributed by atoms with van der Waals surface area (Å²) < 4.78 is 12.4. The number of hydrogen-bond acceptors (Lipinski definition) is 7. The van der Waals surface area contributed by atoms with Gasteiger partial charge in [0, 0.05) is 32.6 Å². The summed E-state index contributed by atoms with van der Waals surface area (Å²) in [5, 5.41) is 6.25. The number of carbonyl (C=O) groups is 2. The van der Waals surface area contributed by atoms with Crippen molar-refractivity contribution in [2.45, 2.75) is 39.3 Å². The molecular formula is C24H27IN5O4. The molecular weight excluding hydrogens is 549 g/mol. The summed E-state index contributed by atoms with van der Waals surface area (Å²) in [4.78, 5) is 30.0. The van der Waals surface area contributed by atoms with Crippen LogP contribution in [0, 0.1) is 9.64 Å². The molecule has 0 saturated carbocycles. The Balaban J connectivity index is 1.39. The van der Waals surface area contributed by atoms with E-state index in [4.69, 9.17) is 14.9 Å². The maximum Gasteiger partial charge on any atom is 0.295 e. The maximum absolute atomic E-state index is 11.6. The van der Waals surface area contributed by atoms with Crippen LogP contribution in [0.2, 0.25) is 0 Å². The average Bonchev–Trinajstić information content (AvgIpc) is 3.20. The number of halogens is 1. The summed E-state index contributed by atoms with van der Waals surface area (Å²) in [7, 11) is 0. The number of amides is 2. The zero-order valence-electron chi connectivity index (χ0n) is 19.1. The van der Waals surface area contributed by atoms with Gasteiger partial charge < -0.3 is 25.5 Å². The van der Waals surface area contributed by atoms with Gasteiger partial charge in [0.25, 0.3) is 11.9 Å². The number of oxazole rings is 1. The molecule has 9 nitrogen and oxygen atoms in total. The van der Waals surface area contributed by atoms with Gasteiger partial charge in [0.2, 0.25) is 5.91 Å². The van der Waals surface area contributed by atoms with Crippen LogP contribution in [0.1, 0.15) is 42.6 Å². The van der Waals surface area contributed by atoms with Crippen LogP contribution < -0.4 is 21.1 Å². The Labute approximate surface area is 211 Å². The molecule has 2 aromatic carbocycles. The number of aromatic nitrogens is 1. The number of ether oxygens (including phenoxy) is 1. The highest BCUT2D eigenvalue weighted by Crippen LogP contribution is 2.32. The van der Waals surface area contributed by atoms with Crippen molar-refractivity contribution in [1.82, 2.24) is 9.88 Å². The molecule has 1 aromatic heterocycles. The van der Waals surface area contributed by atoms with Crippen LogP contribution in [0.4, 0.5) is 11.7 Å². The van der Waals surface area contributed by atoms with Crippen LogP contribution in [0.5, 0.6) is 5.75 Å². The largest absolute Gasteiger partial charge is 0.493 e. The fraction of sp³-hybridized carbons (Fsp3) is 0.375. The third-order valence-electron chi connectivity index (χ3n) is 5.63. The molecule has 179 valence electrons. The highest BCUT2D eigenvalue weighted by atomic mass is 127. The number of nitrogens with one attached hydrogen (secondary N) is 2. The van der Waals surface area contributed by atoms with Crippen molar-refractivity contribution in [3.05, 3.63) is 45.0 Å². The third kappa shape index (κ3) is 5.61. The van der Waals surface area contributed by atoms with Crippen LogP contribution in [0.25, 0.3) is 11.1 Å². The van der Waals surface area contributed by atoms with E-state index in [0.29, 0.717) is 23.7 Å². The fourth-order valence-electron chi connectivity index (χ4n) is 4.10. The Bertz CT molecular complexity index is 1200. The minimum atomic E-state index is -0.580. The van der Waals surface area contributed by atoms with E-state index in [0.717, 1.165) is 53.0 Å². The van der Waals surface area contributed by atoms with Crippen LogP contribution >= 0.6 is 22.6 Å². The van der Waals surface area contributed by atoms with Crippen molar-refractivity contribution < 1.29 is 18.7 Å². The monoisotopic (exact) mass is 576 g/mol. The van der Waals surface area contributed by atoms with Crippen molar-refractivity contribution in [3.8, 4) is 5.75 Å². The van der Waals surface area contributed by atoms with E-state index in [1.165, 1.54) is 6.92 Å². The summed E-state index contributed by atoms with van der Waals surface area (Å²) >= 11 is 2.20. The standard InChI is InChI=1S/C24H27IN5O4/c1-3-33-20-12-15(11-18(21(20)25)27-14(2)31)13-30-9-7-16(8-10-30)28-24-29-22-17(23(26)32)5-4-6-19(22)34-24/h4,6,11-12,16H,3,7-10,13H2,1-2H3,(H2,26,32)(H,27,31)(H,28,29). The molecule has 1 radical (unpaired) electrons. The number of carbonyl (C=O) groups excluding carboxylic acids is 2. The quantitative estimate of drug-likeness (QED) is 0.349. The molecule has 0 atom stereocenters. The minimum Gasteiger partial charge on any atom is -0.493 e. The first-order valence-corrected chi connectivity index (χ1v) is 12.2. The Morgan fingerprint density at radius 1 is 1.35 bits per heavy atom. The molecule has 1 fully saturated rings. The van der Waals surface area contributed by atoms with Gasteiger partial charge in [-0.05, 0) is 78.3 Å². The van der Waals surface area contributed by atoms with Crippen LogP contribution in [0.3, 0.4) is 0 Å². The predicted octanol–water partition coefficient (Wildman–Crippen LogP) is 3.77. The van der Waals surface area contributed by atoms with Gasteiger partial charge in [0.1, 0.15) is 11.3 Å². The molecule has 4 rings (SSSR count). The molecule has 4 N–H and O–H groups in total. The van der Waals surface area contributed by atoms with Crippen molar-refractivity contribution in [2.24, 2.45) is 5.73 Å². The van der Waals surface area contributed by atoms with E-state index in [9.17, 15) is 9.59 Å². The maximum atomic E-state index is 11.6. The van der Waals surface area contributed by atoms with Crippen LogP contribution in [-0.4, -0.2) is 47.4 Å². The van der Waals surface area contributed by atoms with Crippen molar-refractivity contribution in [3.63, 3.8) is 0 Å². The van der Waals surface area contributed by atoms with Crippen molar-refractivity contribution in [1.29, 1.82) is 0 Å². The Kier molecular flexibility index (Phi) is 7.57. The number of rotatable bonds is 8. The third-order valence-corrected chi connectivity index (χ3v) is 6.74. The van der Waals surface area contributed by atoms with E-state index >= 15 is 0 Å². The molecule has 2 heterocycles. The van der Waals surface area contributed by atoms with Gasteiger partial charge in [0.05, 0.1) is 21.4 Å². The number of primary amides is 1. The number of nitrogens with zero attached hydrogens (tertiary/aromatic N) is 2. The number of hydrogen-bond donors (Lipinski definition) is 3. The summed E-state index contributed by atoms with van der Waals surface area (Å²) in [5.41, 5.74) is 8.43. The number of nitrogens with two attached hydrogens (primary N) is 1. The topological polar surface area (TPSA) is 123 Å². The number of piperidine rings is 1. The average molecular weight is 576 g/mol. The molecule has 1 saturated heterocycles. The molecule has 3 aromatic rings. The predicted molar refractivity (Wildman–Crippen MR) is 138 cm³/mol. The normalized spacial score (nSPS) is 14.8. The van der Waals surface area contributed by atoms with Gasteiger partial charge in [-0.3, -0.25) is 14.5 Å². The summed E-state index contributed by atoms with van der Waals surface area (Å²) in [6.07, 6.45) is 1.82. The lowest BCUT2D eigenvalue weighted by atomic mass is 10.0. The van der Waals surface area contributed by atoms with Crippen LogP contribution in [0.15, 0.2) is 28.7 Å². The lowest BCUT2D eigenvalue weighted by Crippen LogP contribution is -2.38. The molecule has 0 aliphatic carbocycles. The minimum absolute atomic E-state index is 0.107. The first kappa shape index (κ1) is 24.3. The Hall–Kier alpha value is -2.86. The van der Waals surface area contributed by atoms with Crippen molar-refractivity contribution in [2.75, 3.05) is 30.3 Å². The molecule has 1 aliphatic rings. The van der Waals surface area contributed by atoms with E-state index in [1.54, 1.807) is 12.1 Å². The van der Waals surface area contributed by atoms with E-state index in [2.05, 4.69) is 49.2 Å². The fourth-order valence-corrected chi connectivity index (χ4v) is 4.70. The highest BCUT2D eigenvalue weighted by molar-refractivity contribution is 14.1. The van der Waals surface area contributed by atoms with Gasteiger partial charge in [-0.25, -0.2) is 0 Å². The van der Waals surface area contributed by atoms with Gasteiger partial charge >= 0.3 is 0 Å². The zero-order chi connectivity index (χ0) is 24.2. The number of benzene rings is 2. The van der Waals surface area contributed by atoms with Gasteiger partial charge in [-0.1, -0.05) is 0 Å². The molecule has 0 bridgehead atoms. The molecule has 34 heavy (non-hydrogen) atoms. The highest BCUT2D eigenvalue weighted by Gasteiger charge is 2.22. The Morgan fingerprint density at radius 3 is 2.79 bits per heavy atom. The second-order valence-corrected chi connectivity index (χ2v) is 9.29. The van der Waals surface area contributed by atoms with Crippen LogP contribution in [-0.2, 0) is 11.3 Å². The van der Waals surface area contributed by atoms with Gasteiger partial charge in [0.15, 0.2) is 5.58 Å². The zero-order valence-corrected chi connectivity index (χ0v) is 21.3. The summed E-state index contributed by atoms with van der Waals surface area (Å²) in [6, 6.07) is 10.8. The molecule has 1 aliphatic heterocycles. The number of likely N-dealkylation sites (tertiary alicyclic amines) is 1. The molecule has 2 amide bonds. The lowest BCUT2D eigenvalue weighted by Gasteiger charge is -2.32. The number of anilines is 2. The molecule has 10 heteroatoms. The van der Waals surface area contributed by atoms with Gasteiger partial charge in [-0.15, -0.1) is 0 Å². The van der Waals surface area contributed by atoms with Gasteiger partial charge in [-0.2, -0.15) is 4.98 Å². The molecule has 0 spiro atoms. The Morgan fingerprint density at radius 2 is 2.12 bits per heavy atom.